The van der Waals surface area contributed by atoms with Crippen LogP contribution in [0, 0.1) is 28.4 Å². The van der Waals surface area contributed by atoms with Gasteiger partial charge in [-0.2, -0.15) is 0 Å². The number of amides is 2. The quantitative estimate of drug-likeness (QED) is 0.513. The summed E-state index contributed by atoms with van der Waals surface area (Å²) in [5.41, 5.74) is 1.11. The van der Waals surface area contributed by atoms with E-state index in [1.54, 1.807) is 0 Å². The zero-order valence-corrected chi connectivity index (χ0v) is 20.2. The van der Waals surface area contributed by atoms with E-state index in [-0.39, 0.29) is 29.8 Å². The molecule has 4 fully saturated rings. The van der Waals surface area contributed by atoms with E-state index in [4.69, 9.17) is 4.74 Å². The summed E-state index contributed by atoms with van der Waals surface area (Å²) in [6.07, 6.45) is 7.10. The number of anilines is 1. The molecule has 2 aliphatic carbocycles. The molecule has 1 atom stereocenters. The van der Waals surface area contributed by atoms with Crippen LogP contribution in [0.25, 0.3) is 0 Å². The maximum Gasteiger partial charge on any atom is 0.302 e. The third kappa shape index (κ3) is 5.26. The van der Waals surface area contributed by atoms with E-state index in [0.717, 1.165) is 13.1 Å². The van der Waals surface area contributed by atoms with Crippen LogP contribution in [0.2, 0.25) is 0 Å². The highest BCUT2D eigenvalue weighted by Crippen LogP contribution is 2.58. The lowest BCUT2D eigenvalue weighted by Crippen LogP contribution is -2.53. The van der Waals surface area contributed by atoms with Crippen LogP contribution in [-0.2, 0) is 19.1 Å². The van der Waals surface area contributed by atoms with Gasteiger partial charge in [-0.25, -0.2) is 8.78 Å². The monoisotopic (exact) mass is 476 g/mol. The number of esters is 1. The summed E-state index contributed by atoms with van der Waals surface area (Å²) in [7, 11) is 0. The average molecular weight is 477 g/mol. The molecule has 186 valence electrons. The molecule has 1 spiro atoms. The Hall–Kier alpha value is -2.51. The fourth-order valence-corrected chi connectivity index (χ4v) is 5.83. The number of piperidine rings is 1. The lowest BCUT2D eigenvalue weighted by molar-refractivity contribution is -0.147. The number of carbonyl (C=O) groups excluding carboxylic acids is 3. The van der Waals surface area contributed by atoms with Crippen molar-refractivity contribution in [3.8, 4) is 0 Å². The molecule has 34 heavy (non-hydrogen) atoms. The van der Waals surface area contributed by atoms with E-state index in [2.05, 4.69) is 19.2 Å². The highest BCUT2D eigenvalue weighted by atomic mass is 19.1. The standard InChI is InChI=1S/C16H18F2N2O2.C10H16O2/c1-16(2)7-20(8-16)9-5-11(17)14(12(18)6-9)10-3-4-13(21)19-15(10)22;1-8(11)12-7-9-5-10(6-9)3-2-4-10/h5-6,10H,3-4,7-8H2,1-2H3,(H,19,21,22);9H,2-7H2,1H3. The third-order valence-corrected chi connectivity index (χ3v) is 7.63. The molecule has 2 saturated carbocycles. The Labute approximate surface area is 199 Å². The van der Waals surface area contributed by atoms with Crippen LogP contribution >= 0.6 is 0 Å². The molecule has 6 nitrogen and oxygen atoms in total. The van der Waals surface area contributed by atoms with Crippen LogP contribution in [0.1, 0.15) is 77.2 Å². The Kier molecular flexibility index (Phi) is 6.71. The Balaban J connectivity index is 0.000000192. The zero-order chi connectivity index (χ0) is 24.7. The fourth-order valence-electron chi connectivity index (χ4n) is 5.83. The minimum atomic E-state index is -0.945. The molecular weight excluding hydrogens is 442 g/mol. The summed E-state index contributed by atoms with van der Waals surface area (Å²) in [6.45, 7) is 7.81. The van der Waals surface area contributed by atoms with Crippen molar-refractivity contribution in [1.29, 1.82) is 0 Å². The topological polar surface area (TPSA) is 75.7 Å². The van der Waals surface area contributed by atoms with Crippen LogP contribution in [-0.4, -0.2) is 37.5 Å². The van der Waals surface area contributed by atoms with Gasteiger partial charge in [-0.3, -0.25) is 19.7 Å². The number of imide groups is 1. The number of rotatable bonds is 4. The molecule has 1 aromatic carbocycles. The number of ether oxygens (including phenoxy) is 1. The van der Waals surface area contributed by atoms with Gasteiger partial charge >= 0.3 is 5.97 Å². The van der Waals surface area contributed by atoms with Crippen LogP contribution < -0.4 is 10.2 Å². The highest BCUT2D eigenvalue weighted by molar-refractivity contribution is 6.01. The second-order valence-electron chi connectivity index (χ2n) is 11.3. The summed E-state index contributed by atoms with van der Waals surface area (Å²) < 4.78 is 33.7. The molecule has 1 unspecified atom stereocenters. The molecule has 4 aliphatic rings. The lowest BCUT2D eigenvalue weighted by atomic mass is 9.52. The first-order chi connectivity index (χ1) is 16.0. The second-order valence-corrected chi connectivity index (χ2v) is 11.3. The van der Waals surface area contributed by atoms with Crippen molar-refractivity contribution in [3.05, 3.63) is 29.3 Å². The number of carbonyl (C=O) groups is 3. The molecule has 0 bridgehead atoms. The van der Waals surface area contributed by atoms with E-state index in [9.17, 15) is 23.2 Å². The summed E-state index contributed by atoms with van der Waals surface area (Å²) in [4.78, 5) is 35.4. The Morgan fingerprint density at radius 2 is 1.76 bits per heavy atom. The van der Waals surface area contributed by atoms with E-state index in [1.807, 2.05) is 4.90 Å². The zero-order valence-electron chi connectivity index (χ0n) is 20.2. The van der Waals surface area contributed by atoms with Crippen LogP contribution in [0.4, 0.5) is 14.5 Å². The number of benzene rings is 1. The first-order valence-corrected chi connectivity index (χ1v) is 12.2. The predicted molar refractivity (Wildman–Crippen MR) is 123 cm³/mol. The maximum atomic E-state index is 14.3. The number of hydrogen-bond donors (Lipinski definition) is 1. The van der Waals surface area contributed by atoms with Gasteiger partial charge in [-0.15, -0.1) is 0 Å². The van der Waals surface area contributed by atoms with Crippen molar-refractivity contribution in [1.82, 2.24) is 5.32 Å². The van der Waals surface area contributed by atoms with Gasteiger partial charge in [0.15, 0.2) is 0 Å². The molecular formula is C26H34F2N2O4. The minimum absolute atomic E-state index is 0.0946. The molecule has 2 aliphatic heterocycles. The Bertz CT molecular complexity index is 950. The summed E-state index contributed by atoms with van der Waals surface area (Å²) in [5, 5.41) is 2.13. The molecule has 2 saturated heterocycles. The van der Waals surface area contributed by atoms with E-state index < -0.39 is 29.4 Å². The first kappa shape index (κ1) is 24.6. The second kappa shape index (κ2) is 9.27. The van der Waals surface area contributed by atoms with E-state index in [1.165, 1.54) is 51.2 Å². The van der Waals surface area contributed by atoms with Gasteiger partial charge in [0.25, 0.3) is 0 Å². The summed E-state index contributed by atoms with van der Waals surface area (Å²) in [5.74, 6) is -2.89. The molecule has 2 heterocycles. The number of halogens is 2. The molecule has 5 rings (SSSR count). The molecule has 2 amide bonds. The third-order valence-electron chi connectivity index (χ3n) is 7.63. The fraction of sp³-hybridized carbons (Fsp3) is 0.654. The van der Waals surface area contributed by atoms with Gasteiger partial charge < -0.3 is 9.64 Å². The van der Waals surface area contributed by atoms with Gasteiger partial charge in [0.2, 0.25) is 11.8 Å². The van der Waals surface area contributed by atoms with Crippen molar-refractivity contribution in [3.63, 3.8) is 0 Å². The molecule has 8 heteroatoms. The van der Waals surface area contributed by atoms with Gasteiger partial charge in [0.1, 0.15) is 11.6 Å². The Morgan fingerprint density at radius 3 is 2.24 bits per heavy atom. The number of nitrogens with zero attached hydrogens (tertiary/aromatic N) is 1. The van der Waals surface area contributed by atoms with E-state index >= 15 is 0 Å². The Morgan fingerprint density at radius 1 is 1.15 bits per heavy atom. The van der Waals surface area contributed by atoms with Crippen molar-refractivity contribution in [2.75, 3.05) is 24.6 Å². The molecule has 0 aromatic heterocycles. The summed E-state index contributed by atoms with van der Waals surface area (Å²) in [6, 6.07) is 2.55. The van der Waals surface area contributed by atoms with E-state index in [0.29, 0.717) is 23.6 Å². The predicted octanol–water partition coefficient (Wildman–Crippen LogP) is 4.46. The molecule has 1 aromatic rings. The largest absolute Gasteiger partial charge is 0.466 e. The molecule has 1 N–H and O–H groups in total. The maximum absolute atomic E-state index is 14.3. The van der Waals surface area contributed by atoms with Gasteiger partial charge in [0.05, 0.1) is 12.5 Å². The highest BCUT2D eigenvalue weighted by Gasteiger charge is 2.48. The molecule has 0 radical (unpaired) electrons. The number of hydrogen-bond acceptors (Lipinski definition) is 5. The van der Waals surface area contributed by atoms with Crippen LogP contribution in [0.15, 0.2) is 12.1 Å². The van der Waals surface area contributed by atoms with Gasteiger partial charge in [0, 0.05) is 37.7 Å². The lowest BCUT2D eigenvalue weighted by Gasteiger charge is -2.54. The average Bonchev–Trinajstić information content (AvgIpc) is 2.65. The first-order valence-electron chi connectivity index (χ1n) is 12.2. The van der Waals surface area contributed by atoms with Gasteiger partial charge in [-0.1, -0.05) is 20.3 Å². The van der Waals surface area contributed by atoms with Gasteiger partial charge in [-0.05, 0) is 61.0 Å². The van der Waals surface area contributed by atoms with Crippen molar-refractivity contribution in [2.45, 2.75) is 71.6 Å². The van der Waals surface area contributed by atoms with Crippen molar-refractivity contribution < 1.29 is 27.9 Å². The SMILES string of the molecule is CC(=O)OCC1CC2(CCC2)C1.CC1(C)CN(c2cc(F)c(C3CCC(=O)NC3=O)c(F)c2)C1. The van der Waals surface area contributed by atoms with Crippen molar-refractivity contribution >= 4 is 23.5 Å². The summed E-state index contributed by atoms with van der Waals surface area (Å²) >= 11 is 0. The minimum Gasteiger partial charge on any atom is -0.466 e. The van der Waals surface area contributed by atoms with Crippen LogP contribution in [0.3, 0.4) is 0 Å². The van der Waals surface area contributed by atoms with Crippen LogP contribution in [0.5, 0.6) is 0 Å². The normalized spacial score (nSPS) is 24.7. The smallest absolute Gasteiger partial charge is 0.302 e. The number of nitrogens with one attached hydrogen (secondary N) is 1. The van der Waals surface area contributed by atoms with Crippen molar-refractivity contribution in [2.24, 2.45) is 16.7 Å².